The highest BCUT2D eigenvalue weighted by Gasteiger charge is 2.59. The normalized spacial score (nSPS) is 29.1. The molecule has 44 nitrogen and oxygen atoms in total. The van der Waals surface area contributed by atoms with Gasteiger partial charge in [0, 0.05) is 192 Å². The molecule has 1 aromatic heterocycles. The zero-order valence-corrected chi connectivity index (χ0v) is 70.8. The molecule has 12 rings (SSSR count). The molecule has 0 radical (unpaired) electrons. The van der Waals surface area contributed by atoms with E-state index in [1.165, 1.54) is 30.1 Å². The summed E-state index contributed by atoms with van der Waals surface area (Å²) < 4.78 is 124. The largest absolute Gasteiger partial charge is 0.480 e. The highest BCUT2D eigenvalue weighted by atomic mass is 32.2. The third-order valence-electron chi connectivity index (χ3n) is 25.4. The van der Waals surface area contributed by atoms with E-state index in [4.69, 9.17) is 67.9 Å². The van der Waals surface area contributed by atoms with E-state index >= 15 is 0 Å². The number of nitrogens with zero attached hydrogens (tertiary/aromatic N) is 9. The number of hydrogen-bond acceptors (Lipinski definition) is 32. The second kappa shape index (κ2) is 43.5. The van der Waals surface area contributed by atoms with Gasteiger partial charge in [-0.3, -0.25) is 24.2 Å². The Bertz CT molecular complexity index is 3800. The first-order valence-electron chi connectivity index (χ1n) is 41.4. The lowest BCUT2D eigenvalue weighted by atomic mass is 9.78. The van der Waals surface area contributed by atoms with Gasteiger partial charge in [0.05, 0.1) is 24.2 Å². The van der Waals surface area contributed by atoms with E-state index in [0.29, 0.717) is 137 Å². The predicted molar refractivity (Wildman–Crippen MR) is 438 cm³/mol. The minimum absolute atomic E-state index is 0.0110. The summed E-state index contributed by atoms with van der Waals surface area (Å²) in [6, 6.07) is 4.91. The lowest BCUT2D eigenvalue weighted by Crippen LogP contribution is -2.63. The van der Waals surface area contributed by atoms with Gasteiger partial charge in [0.1, 0.15) is 22.2 Å². The maximum atomic E-state index is 13.5. The van der Waals surface area contributed by atoms with Gasteiger partial charge in [0.25, 0.3) is 40.8 Å². The van der Waals surface area contributed by atoms with Gasteiger partial charge in [-0.1, -0.05) is 31.7 Å². The van der Waals surface area contributed by atoms with Gasteiger partial charge in [-0.05, 0) is 127 Å². The number of carbonyl (C=O) groups is 4. The van der Waals surface area contributed by atoms with Crippen molar-refractivity contribution in [2.24, 2.45) is 58.4 Å². The van der Waals surface area contributed by atoms with Crippen LogP contribution in [0.15, 0.2) is 24.4 Å². The van der Waals surface area contributed by atoms with Crippen molar-refractivity contribution in [3.63, 3.8) is 0 Å². The molecule has 119 heavy (non-hydrogen) atoms. The standard InChI is InChI=1S/C18H30BN5O6S.C17H33BN4O7S.2C16H32BN5O6S/c20-18(17(25)26)13-23(12-14(18)4-3-7-19(27)28)31(29,30)24(16-10-21-11-16)9-6-15-5-1-2-8-22-15;19-17(16(23)24)12-21(11-14(17)2-1-5-18(25)26)30(27,28)22(15-8-20-9-15)10-13-3-6-29-7-4-13;18-16(15(23)24)11-21(9-12(16)3-1-5-17(25)26)29(27,28)22(14-7-19-8-14)10-13-4-2-6-20-13;18-16(15(23)24)11-21(10-13(16)2-1-4-17(25)26)29(27,28)22(14-7-20-8-14)9-12-3-5-19-6-12/h1-2,5,8,14,16,21,27-28H,3-4,6-7,9-13,20H2,(H,25,26);13-15,20,25-26H,1-12,19H2,(H,23,24);2*12-14,19-20,25-26H,1-11,18H2,(H,23,24)/t14-,18-;14-,17-;12-,13?,16-;12?,13-,16-/m0000/s1. The van der Waals surface area contributed by atoms with E-state index in [0.717, 1.165) is 61.7 Å². The molecule has 26 N–H and O–H groups in total. The molecule has 0 aliphatic carbocycles. The van der Waals surface area contributed by atoms with Crippen LogP contribution in [-0.4, -0.2) is 402 Å². The van der Waals surface area contributed by atoms with Crippen LogP contribution < -0.4 is 54.8 Å². The lowest BCUT2D eigenvalue weighted by Gasteiger charge is -2.41. The maximum absolute atomic E-state index is 13.5. The van der Waals surface area contributed by atoms with Gasteiger partial charge in [0.2, 0.25) is 0 Å². The van der Waals surface area contributed by atoms with E-state index in [1.54, 1.807) is 12.3 Å². The van der Waals surface area contributed by atoms with Crippen LogP contribution in [0.2, 0.25) is 25.3 Å². The molecule has 0 amide bonds. The molecule has 676 valence electrons. The first kappa shape index (κ1) is 98.8. The molecule has 11 fully saturated rings. The van der Waals surface area contributed by atoms with Gasteiger partial charge >= 0.3 is 52.4 Å². The van der Waals surface area contributed by atoms with Crippen LogP contribution in [-0.2, 0) is 71.2 Å². The minimum Gasteiger partial charge on any atom is -0.480 e. The van der Waals surface area contributed by atoms with Crippen molar-refractivity contribution in [1.29, 1.82) is 0 Å². The van der Waals surface area contributed by atoms with Gasteiger partial charge in [0.15, 0.2) is 0 Å². The Kier molecular flexibility index (Phi) is 36.1. The van der Waals surface area contributed by atoms with Crippen molar-refractivity contribution < 1.29 is 118 Å². The monoisotopic (exact) mass is 1770 g/mol. The number of carboxylic acids is 4. The van der Waals surface area contributed by atoms with Crippen molar-refractivity contribution in [2.45, 2.75) is 168 Å². The van der Waals surface area contributed by atoms with Crippen LogP contribution in [0.4, 0.5) is 0 Å². The number of carboxylic acid groups (broad SMARTS) is 4. The third-order valence-corrected chi connectivity index (χ3v) is 33.3. The molecule has 1 aromatic rings. The Labute approximate surface area is 698 Å². The van der Waals surface area contributed by atoms with Crippen LogP contribution in [0, 0.1) is 35.5 Å². The molecule has 0 aromatic carbocycles. The predicted octanol–water partition coefficient (Wildman–Crippen LogP) is -9.69. The Balaban J connectivity index is 0.000000181. The lowest BCUT2D eigenvalue weighted by molar-refractivity contribution is -0.145. The highest BCUT2D eigenvalue weighted by molar-refractivity contribution is 7.87. The fraction of sp³-hybridized carbons (Fsp3) is 0.866. The van der Waals surface area contributed by atoms with E-state index in [9.17, 15) is 73.3 Å². The van der Waals surface area contributed by atoms with Gasteiger partial charge < -0.3 is 120 Å². The van der Waals surface area contributed by atoms with Crippen LogP contribution in [0.5, 0.6) is 0 Å². The quantitative estimate of drug-likeness (QED) is 0.0271. The Morgan fingerprint density at radius 3 is 1.07 bits per heavy atom. The first-order valence-corrected chi connectivity index (χ1v) is 47.0. The molecule has 11 aliphatic heterocycles. The number of ether oxygens (including phenoxy) is 1. The van der Waals surface area contributed by atoms with Gasteiger partial charge in [-0.2, -0.15) is 68.1 Å². The molecule has 2 unspecified atom stereocenters. The van der Waals surface area contributed by atoms with Crippen LogP contribution in [0.25, 0.3) is 0 Å². The molecule has 0 saturated carbocycles. The number of nitrogens with one attached hydrogen (secondary N) is 6. The molecule has 11 saturated heterocycles. The third kappa shape index (κ3) is 25.0. The summed E-state index contributed by atoms with van der Waals surface area (Å²) in [7, 11) is -21.5. The highest BCUT2D eigenvalue weighted by Crippen LogP contribution is 2.40. The molecular weight excluding hydrogens is 1640 g/mol. The average molecular weight is 1770 g/mol. The van der Waals surface area contributed by atoms with E-state index < -0.39 is 139 Å². The SMILES string of the molecule is N[C@@]1(C(=O)O)CN(S(=O)(=O)N(CC2CCCN2)C2CNC2)C[C@@H]1CCCB(O)O.N[C@@]1(C(=O)O)CN(S(=O)(=O)N(CC2CCNC2)C2CNC2)C[C@@H]1CCCB(O)O.N[C@@]1(C(=O)O)CN(S(=O)(=O)N(CC2CCOCC2)C2CNC2)C[C@@H]1CCCB(O)O.N[C@@]1(C(=O)O)CN(S(=O)(=O)N(CCc2ccccn2)C2CNC2)C[C@@H]1CCCB(O)O. The molecule has 52 heteroatoms. The summed E-state index contributed by atoms with van der Waals surface area (Å²) >= 11 is 0. The Hall–Kier alpha value is -3.99. The molecule has 12 heterocycles. The van der Waals surface area contributed by atoms with E-state index in [-0.39, 0.29) is 133 Å². The fourth-order valence-electron chi connectivity index (χ4n) is 17.3. The van der Waals surface area contributed by atoms with Crippen molar-refractivity contribution in [3.05, 3.63) is 30.1 Å². The molecule has 11 aliphatic rings. The zero-order valence-electron chi connectivity index (χ0n) is 67.5. The molecule has 10 atom stereocenters. The summed E-state index contributed by atoms with van der Waals surface area (Å²) in [4.78, 5) is 51.8. The summed E-state index contributed by atoms with van der Waals surface area (Å²) in [5, 5.41) is 130. The summed E-state index contributed by atoms with van der Waals surface area (Å²) in [6.07, 6.45) is 9.45. The molecule has 0 bridgehead atoms. The van der Waals surface area contributed by atoms with Crippen molar-refractivity contribution in [3.8, 4) is 0 Å². The molecular formula is C67H127B4N19O25S4. The van der Waals surface area contributed by atoms with Crippen LogP contribution >= 0.6 is 0 Å². The second-order valence-electron chi connectivity index (χ2n) is 33.9. The first-order chi connectivity index (χ1) is 56.1. The van der Waals surface area contributed by atoms with E-state index in [1.807, 2.05) is 12.1 Å². The van der Waals surface area contributed by atoms with Crippen molar-refractivity contribution in [1.82, 2.24) is 71.3 Å². The average Bonchev–Trinajstić information content (AvgIpc) is 1.58. The number of nitrogens with two attached hydrogens (primary N) is 4. The van der Waals surface area contributed by atoms with Crippen molar-refractivity contribution in [2.75, 3.05) is 164 Å². The van der Waals surface area contributed by atoms with Gasteiger partial charge in [-0.15, -0.1) is 0 Å². The number of rotatable bonds is 41. The summed E-state index contributed by atoms with van der Waals surface area (Å²) in [6.45, 7) is 8.49. The number of pyridine rings is 1. The maximum Gasteiger partial charge on any atom is 0.451 e. The molecule has 0 spiro atoms. The summed E-state index contributed by atoms with van der Waals surface area (Å²) in [5.41, 5.74) is 18.6. The Morgan fingerprint density at radius 2 is 0.782 bits per heavy atom. The second-order valence-corrected chi connectivity index (χ2v) is 41.4. The number of hydrogen-bond donors (Lipinski definition) is 22. The summed E-state index contributed by atoms with van der Waals surface area (Å²) in [5.74, 6) is -6.95. The van der Waals surface area contributed by atoms with Gasteiger partial charge in [-0.25, -0.2) is 0 Å². The number of aromatic nitrogens is 1. The zero-order chi connectivity index (χ0) is 87.1. The Morgan fingerprint density at radius 1 is 0.445 bits per heavy atom. The topological polar surface area (TPSA) is 672 Å². The van der Waals surface area contributed by atoms with Crippen molar-refractivity contribution >= 4 is 93.2 Å². The van der Waals surface area contributed by atoms with Crippen LogP contribution in [0.3, 0.4) is 0 Å². The fourth-order valence-corrected chi connectivity index (χ4v) is 25.1. The van der Waals surface area contributed by atoms with Crippen LogP contribution in [0.1, 0.15) is 89.2 Å². The minimum atomic E-state index is -3.95. The smallest absolute Gasteiger partial charge is 0.451 e. The number of aliphatic carboxylic acids is 4. The van der Waals surface area contributed by atoms with E-state index in [2.05, 4.69) is 36.9 Å².